The minimum Gasteiger partial charge on any atom is -0.478 e. The highest BCUT2D eigenvalue weighted by Crippen LogP contribution is 2.46. The first-order valence-electron chi connectivity index (χ1n) is 4.57. The normalized spacial score (nSPS) is 11.1. The third-order valence-electron chi connectivity index (χ3n) is 2.24. The fraction of sp³-hybridized carbons (Fsp3) is 0.200. The van der Waals surface area contributed by atoms with Gasteiger partial charge in [0.1, 0.15) is 0 Å². The zero-order valence-electron chi connectivity index (χ0n) is 8.83. The van der Waals surface area contributed by atoms with Crippen molar-refractivity contribution in [2.24, 2.45) is 0 Å². The molecule has 0 fully saturated rings. The molecule has 0 saturated heterocycles. The molecule has 1 aromatic rings. The third-order valence-corrected chi connectivity index (χ3v) is 4.73. The molecule has 0 aliphatic rings. The second-order valence-electron chi connectivity index (χ2n) is 3.32. The van der Waals surface area contributed by atoms with Crippen LogP contribution in [0.3, 0.4) is 0 Å². The van der Waals surface area contributed by atoms with Crippen molar-refractivity contribution >= 4 is 91.6 Å². The number of carboxylic acids is 2. The van der Waals surface area contributed by atoms with Crippen LogP contribution in [0.5, 0.6) is 0 Å². The molecule has 0 radical (unpaired) electrons. The van der Waals surface area contributed by atoms with Gasteiger partial charge in [0.25, 0.3) is 0 Å². The summed E-state index contributed by atoms with van der Waals surface area (Å²) in [5.41, 5.74) is 0.398. The Morgan fingerprint density at radius 2 is 1.42 bits per heavy atom. The van der Waals surface area contributed by atoms with Crippen molar-refractivity contribution in [2.45, 2.75) is 7.47 Å². The Balaban J connectivity index is 3.87. The molecule has 0 saturated carbocycles. The van der Waals surface area contributed by atoms with Gasteiger partial charge in [0.2, 0.25) is 0 Å². The first-order valence-corrected chi connectivity index (χ1v) is 9.03. The summed E-state index contributed by atoms with van der Waals surface area (Å²) in [4.78, 5) is 22.6. The third kappa shape index (κ3) is 3.81. The molecular formula is C10H5Br5O4. The molecular weight excluding hydrogens is 584 g/mol. The van der Waals surface area contributed by atoms with Crippen LogP contribution in [0.15, 0.2) is 10.5 Å². The lowest BCUT2D eigenvalue weighted by molar-refractivity contribution is 0.0650. The second kappa shape index (κ2) is 7.02. The van der Waals surface area contributed by atoms with Gasteiger partial charge in [0.15, 0.2) is 0 Å². The highest BCUT2D eigenvalue weighted by atomic mass is 79.9. The maximum atomic E-state index is 11.4. The lowest BCUT2D eigenvalue weighted by Gasteiger charge is -2.18. The van der Waals surface area contributed by atoms with Crippen LogP contribution in [-0.4, -0.2) is 22.2 Å². The fourth-order valence-corrected chi connectivity index (χ4v) is 4.76. The molecule has 0 aliphatic heterocycles. The summed E-state index contributed by atoms with van der Waals surface area (Å²) >= 11 is 16.3. The number of carbonyl (C=O) groups is 2. The van der Waals surface area contributed by atoms with Crippen molar-refractivity contribution in [3.05, 3.63) is 32.8 Å². The largest absolute Gasteiger partial charge is 0.478 e. The number of carboxylic acid groups (broad SMARTS) is 2. The molecule has 0 amide bonds. The highest BCUT2D eigenvalue weighted by Gasteiger charge is 2.29. The minimum absolute atomic E-state index is 0.256. The van der Waals surface area contributed by atoms with Gasteiger partial charge in [-0.05, 0) is 17.2 Å². The number of hydrogen-bond acceptors (Lipinski definition) is 2. The van der Waals surface area contributed by atoms with Crippen LogP contribution in [0.2, 0.25) is 0 Å². The Hall–Kier alpha value is 0.560. The van der Waals surface area contributed by atoms with Crippen molar-refractivity contribution in [3.8, 4) is 0 Å². The topological polar surface area (TPSA) is 74.6 Å². The molecule has 0 aliphatic carbocycles. The monoisotopic (exact) mass is 584 g/mol. The summed E-state index contributed by atoms with van der Waals surface area (Å²) in [5, 5.41) is 18.4. The number of aromatic carboxylic acids is 2. The number of hydrogen-bond donors (Lipinski definition) is 2. The van der Waals surface area contributed by atoms with Crippen molar-refractivity contribution in [1.82, 2.24) is 0 Å². The number of alkyl halides is 4. The quantitative estimate of drug-likeness (QED) is 0.461. The summed E-state index contributed by atoms with van der Waals surface area (Å²) in [6.45, 7) is 0. The van der Waals surface area contributed by atoms with E-state index in [0.717, 1.165) is 0 Å². The van der Waals surface area contributed by atoms with Crippen molar-refractivity contribution in [3.63, 3.8) is 0 Å². The average Bonchev–Trinajstić information content (AvgIpc) is 2.25. The van der Waals surface area contributed by atoms with Gasteiger partial charge in [0, 0.05) is 4.47 Å². The summed E-state index contributed by atoms with van der Waals surface area (Å²) in [7, 11) is 0. The molecule has 0 bridgehead atoms. The summed E-state index contributed by atoms with van der Waals surface area (Å²) in [6.07, 6.45) is 0. The molecule has 0 atom stereocenters. The van der Waals surface area contributed by atoms with E-state index in [1.165, 1.54) is 6.07 Å². The second-order valence-corrected chi connectivity index (χ2v) is 10.3. The first kappa shape index (κ1) is 17.6. The van der Waals surface area contributed by atoms with Gasteiger partial charge in [-0.15, -0.1) is 0 Å². The van der Waals surface area contributed by atoms with Crippen LogP contribution >= 0.6 is 79.6 Å². The lowest BCUT2D eigenvalue weighted by atomic mass is 9.97. The van der Waals surface area contributed by atoms with Crippen LogP contribution in [-0.2, 0) is 0 Å². The van der Waals surface area contributed by atoms with Crippen molar-refractivity contribution in [1.29, 1.82) is 0 Å². The van der Waals surface area contributed by atoms with E-state index in [-0.39, 0.29) is 14.9 Å². The zero-order valence-corrected chi connectivity index (χ0v) is 16.8. The molecule has 1 aromatic carbocycles. The summed E-state index contributed by atoms with van der Waals surface area (Å²) in [6, 6.07) is 1.28. The van der Waals surface area contributed by atoms with E-state index in [0.29, 0.717) is 15.6 Å². The molecule has 0 unspecified atom stereocenters. The molecule has 104 valence electrons. The molecule has 0 spiro atoms. The van der Waals surface area contributed by atoms with Gasteiger partial charge in [-0.25, -0.2) is 9.59 Å². The number of rotatable bonds is 4. The van der Waals surface area contributed by atoms with Crippen LogP contribution in [0.1, 0.15) is 39.3 Å². The van der Waals surface area contributed by atoms with Crippen LogP contribution in [0.25, 0.3) is 0 Å². The first-order chi connectivity index (χ1) is 8.68. The smallest absolute Gasteiger partial charge is 0.336 e. The Kier molecular flexibility index (Phi) is 6.50. The molecule has 1 rings (SSSR count). The van der Waals surface area contributed by atoms with E-state index in [2.05, 4.69) is 79.6 Å². The van der Waals surface area contributed by atoms with Crippen molar-refractivity contribution in [2.75, 3.05) is 0 Å². The molecule has 19 heavy (non-hydrogen) atoms. The molecule has 0 heterocycles. The minimum atomic E-state index is -1.30. The maximum Gasteiger partial charge on any atom is 0.336 e. The van der Waals surface area contributed by atoms with Gasteiger partial charge >= 0.3 is 11.9 Å². The summed E-state index contributed by atoms with van der Waals surface area (Å²) in [5.74, 6) is -2.60. The van der Waals surface area contributed by atoms with E-state index in [4.69, 9.17) is 5.11 Å². The summed E-state index contributed by atoms with van der Waals surface area (Å²) < 4.78 is -0.343. The van der Waals surface area contributed by atoms with Crippen LogP contribution < -0.4 is 0 Å². The van der Waals surface area contributed by atoms with Crippen LogP contribution in [0, 0.1) is 0 Å². The lowest BCUT2D eigenvalue weighted by Crippen LogP contribution is -2.14. The highest BCUT2D eigenvalue weighted by molar-refractivity contribution is 9.24. The number of benzene rings is 1. The standard InChI is InChI=1S/C10H5Br5O4/c11-3-1-2(9(16)17)4(10(18)19)6(8(14)15)5(3)7(12)13/h1,7-8H,(H,16,17)(H,18,19). The van der Waals surface area contributed by atoms with Gasteiger partial charge in [-0.3, -0.25) is 0 Å². The maximum absolute atomic E-state index is 11.4. The fourth-order valence-electron chi connectivity index (χ4n) is 1.53. The SMILES string of the molecule is O=C(O)c1cc(Br)c(C(Br)Br)c(C(Br)Br)c1C(=O)O. The van der Waals surface area contributed by atoms with E-state index in [1.807, 2.05) is 0 Å². The average molecular weight is 589 g/mol. The van der Waals surface area contributed by atoms with Gasteiger partial charge in [0.05, 0.1) is 18.6 Å². The Labute approximate surface area is 150 Å². The molecule has 0 aromatic heterocycles. The van der Waals surface area contributed by atoms with E-state index < -0.39 is 15.7 Å². The Bertz CT molecular complexity index is 541. The number of halogens is 5. The van der Waals surface area contributed by atoms with Gasteiger partial charge < -0.3 is 10.2 Å². The molecule has 9 heteroatoms. The predicted molar refractivity (Wildman–Crippen MR) is 89.3 cm³/mol. The zero-order chi connectivity index (χ0) is 14.9. The van der Waals surface area contributed by atoms with E-state index in [9.17, 15) is 14.7 Å². The van der Waals surface area contributed by atoms with Gasteiger partial charge in [-0.2, -0.15) is 0 Å². The predicted octanol–water partition coefficient (Wildman–Crippen LogP) is 5.42. The van der Waals surface area contributed by atoms with E-state index >= 15 is 0 Å². The van der Waals surface area contributed by atoms with Gasteiger partial charge in [-0.1, -0.05) is 79.6 Å². The Morgan fingerprint density at radius 1 is 0.947 bits per heavy atom. The molecule has 4 nitrogen and oxygen atoms in total. The Morgan fingerprint density at radius 3 is 1.74 bits per heavy atom. The molecule has 2 N–H and O–H groups in total. The van der Waals surface area contributed by atoms with E-state index in [1.54, 1.807) is 0 Å². The van der Waals surface area contributed by atoms with Crippen molar-refractivity contribution < 1.29 is 19.8 Å². The van der Waals surface area contributed by atoms with Crippen LogP contribution in [0.4, 0.5) is 0 Å².